The van der Waals surface area contributed by atoms with E-state index < -0.39 is 7.14 Å². The molecule has 1 nitrogen and oxygen atoms in total. The van der Waals surface area contributed by atoms with Crippen LogP contribution in [-0.2, 0) is 4.57 Å². The molecule has 0 heterocycles. The summed E-state index contributed by atoms with van der Waals surface area (Å²) in [4.78, 5) is 1.92. The van der Waals surface area contributed by atoms with E-state index in [1.807, 2.05) is 96.8 Å². The molecule has 0 saturated carbocycles. The molecule has 3 heteroatoms. The molecule has 0 N–H and O–H groups in total. The molecule has 134 valence electrons. The van der Waals surface area contributed by atoms with Crippen LogP contribution in [0.15, 0.2) is 131 Å². The number of thioether (sulfide) groups is 1. The minimum atomic E-state index is -2.98. The average molecular weight is 388 g/mol. The van der Waals surface area contributed by atoms with E-state index in [0.717, 1.165) is 26.0 Å². The van der Waals surface area contributed by atoms with Crippen LogP contribution in [0, 0.1) is 0 Å². The number of hydrogen-bond donors (Lipinski definition) is 0. The second-order valence-electron chi connectivity index (χ2n) is 5.97. The van der Waals surface area contributed by atoms with Crippen molar-refractivity contribution in [1.29, 1.82) is 0 Å². The van der Waals surface area contributed by atoms with Crippen molar-refractivity contribution in [3.05, 3.63) is 127 Å². The SMILES string of the molecule is C=CC(=C)/C(=C\P(=O)(c1ccccc1)c1ccccc1)Sc1ccccc1. The van der Waals surface area contributed by atoms with Gasteiger partial charge in [0.05, 0.1) is 0 Å². The van der Waals surface area contributed by atoms with Crippen molar-refractivity contribution in [2.24, 2.45) is 0 Å². The van der Waals surface area contributed by atoms with E-state index in [0.29, 0.717) is 0 Å². The minimum Gasteiger partial charge on any atom is -0.309 e. The summed E-state index contributed by atoms with van der Waals surface area (Å²) in [5.41, 5.74) is 0.760. The zero-order valence-electron chi connectivity index (χ0n) is 15.0. The van der Waals surface area contributed by atoms with Crippen molar-refractivity contribution < 1.29 is 4.57 Å². The van der Waals surface area contributed by atoms with Gasteiger partial charge in [0, 0.05) is 20.4 Å². The molecule has 0 aliphatic heterocycles. The van der Waals surface area contributed by atoms with E-state index in [2.05, 4.69) is 13.2 Å². The van der Waals surface area contributed by atoms with Crippen LogP contribution in [0.2, 0.25) is 0 Å². The highest BCUT2D eigenvalue weighted by Crippen LogP contribution is 2.49. The van der Waals surface area contributed by atoms with E-state index >= 15 is 0 Å². The largest absolute Gasteiger partial charge is 0.309 e. The third-order valence-corrected chi connectivity index (χ3v) is 8.15. The third kappa shape index (κ3) is 4.60. The molecule has 0 radical (unpaired) electrons. The van der Waals surface area contributed by atoms with Crippen LogP contribution in [0.4, 0.5) is 0 Å². The van der Waals surface area contributed by atoms with Gasteiger partial charge in [0.15, 0.2) is 7.14 Å². The fourth-order valence-corrected chi connectivity index (χ4v) is 6.39. The van der Waals surface area contributed by atoms with E-state index in [1.165, 1.54) is 0 Å². The number of allylic oxidation sites excluding steroid dienone is 2. The molecule has 3 rings (SSSR count). The first-order valence-corrected chi connectivity index (χ1v) is 11.2. The first-order chi connectivity index (χ1) is 13.1. The maximum Gasteiger partial charge on any atom is 0.165 e. The summed E-state index contributed by atoms with van der Waals surface area (Å²) >= 11 is 1.56. The van der Waals surface area contributed by atoms with Gasteiger partial charge in [0.25, 0.3) is 0 Å². The smallest absolute Gasteiger partial charge is 0.165 e. The Hall–Kier alpha value is -2.54. The van der Waals surface area contributed by atoms with Crippen LogP contribution >= 0.6 is 18.9 Å². The highest BCUT2D eigenvalue weighted by atomic mass is 32.2. The number of hydrogen-bond acceptors (Lipinski definition) is 2. The summed E-state index contributed by atoms with van der Waals surface area (Å²) in [5.74, 6) is 1.87. The Morgan fingerprint density at radius 2 is 1.22 bits per heavy atom. The minimum absolute atomic E-state index is 0.760. The Morgan fingerprint density at radius 3 is 1.67 bits per heavy atom. The molecule has 27 heavy (non-hydrogen) atoms. The molecule has 0 unspecified atom stereocenters. The molecule has 0 aliphatic carbocycles. The van der Waals surface area contributed by atoms with Crippen LogP contribution in [-0.4, -0.2) is 0 Å². The Balaban J connectivity index is 2.16. The molecule has 3 aromatic carbocycles. The Kier molecular flexibility index (Phi) is 6.34. The summed E-state index contributed by atoms with van der Waals surface area (Å²) in [6.07, 6.45) is 1.71. The molecule has 0 saturated heterocycles. The summed E-state index contributed by atoms with van der Waals surface area (Å²) < 4.78 is 14.3. The molecular weight excluding hydrogens is 367 g/mol. The Morgan fingerprint density at radius 1 is 0.778 bits per heavy atom. The van der Waals surface area contributed by atoms with Gasteiger partial charge >= 0.3 is 0 Å². The maximum atomic E-state index is 14.3. The first-order valence-electron chi connectivity index (χ1n) is 8.62. The molecule has 0 bridgehead atoms. The van der Waals surface area contributed by atoms with Crippen molar-refractivity contribution in [3.63, 3.8) is 0 Å². The lowest BCUT2D eigenvalue weighted by Gasteiger charge is -2.18. The van der Waals surface area contributed by atoms with Gasteiger partial charge in [-0.3, -0.25) is 0 Å². The summed E-state index contributed by atoms with van der Waals surface area (Å²) in [6, 6.07) is 29.3. The van der Waals surface area contributed by atoms with E-state index in [9.17, 15) is 4.57 Å². The fraction of sp³-hybridized carbons (Fsp3) is 0. The number of rotatable bonds is 7. The van der Waals surface area contributed by atoms with Gasteiger partial charge in [-0.2, -0.15) is 0 Å². The maximum absolute atomic E-state index is 14.3. The van der Waals surface area contributed by atoms with Crippen LogP contribution in [0.5, 0.6) is 0 Å². The van der Waals surface area contributed by atoms with Crippen molar-refractivity contribution in [2.75, 3.05) is 0 Å². The van der Waals surface area contributed by atoms with Crippen LogP contribution in [0.25, 0.3) is 0 Å². The number of benzene rings is 3. The predicted molar refractivity (Wildman–Crippen MR) is 119 cm³/mol. The lowest BCUT2D eigenvalue weighted by Crippen LogP contribution is -2.14. The summed E-state index contributed by atoms with van der Waals surface area (Å²) in [6.45, 7) is 7.97. The fourth-order valence-electron chi connectivity index (χ4n) is 2.65. The zero-order chi connectivity index (χ0) is 19.1. The average Bonchev–Trinajstić information content (AvgIpc) is 2.74. The Bertz CT molecular complexity index is 949. The highest BCUT2D eigenvalue weighted by Gasteiger charge is 2.26. The van der Waals surface area contributed by atoms with E-state index in [-0.39, 0.29) is 0 Å². The van der Waals surface area contributed by atoms with Gasteiger partial charge in [-0.15, -0.1) is 0 Å². The van der Waals surface area contributed by atoms with Gasteiger partial charge in [-0.1, -0.05) is 110 Å². The molecule has 3 aromatic rings. The van der Waals surface area contributed by atoms with Crippen LogP contribution < -0.4 is 10.6 Å². The molecule has 0 aromatic heterocycles. The van der Waals surface area contributed by atoms with Gasteiger partial charge in [-0.25, -0.2) is 0 Å². The van der Waals surface area contributed by atoms with Gasteiger partial charge in [0.2, 0.25) is 0 Å². The second-order valence-corrected chi connectivity index (χ2v) is 9.69. The van der Waals surface area contributed by atoms with E-state index in [1.54, 1.807) is 17.8 Å². The standard InChI is InChI=1S/C24H21OPS/c1-3-20(2)24(27-23-17-11-6-12-18-23)19-26(25,21-13-7-4-8-14-21)22-15-9-5-10-16-22/h3-19H,1-2H2/b24-19+. The van der Waals surface area contributed by atoms with Crippen molar-refractivity contribution in [3.8, 4) is 0 Å². The first kappa shape index (κ1) is 19.2. The lowest BCUT2D eigenvalue weighted by molar-refractivity contribution is 0.592. The predicted octanol–water partition coefficient (Wildman–Crippen LogP) is 6.38. The quantitative estimate of drug-likeness (QED) is 0.265. The molecule has 0 fully saturated rings. The topological polar surface area (TPSA) is 17.1 Å². The van der Waals surface area contributed by atoms with Crippen molar-refractivity contribution in [2.45, 2.75) is 4.90 Å². The monoisotopic (exact) mass is 388 g/mol. The lowest BCUT2D eigenvalue weighted by atomic mass is 10.3. The highest BCUT2D eigenvalue weighted by molar-refractivity contribution is 8.03. The normalized spacial score (nSPS) is 11.8. The second kappa shape index (κ2) is 8.90. The molecule has 0 amide bonds. The van der Waals surface area contributed by atoms with Crippen molar-refractivity contribution >= 4 is 29.5 Å². The third-order valence-electron chi connectivity index (χ3n) is 4.11. The molecule has 0 aliphatic rings. The van der Waals surface area contributed by atoms with Gasteiger partial charge in [-0.05, 0) is 23.5 Å². The van der Waals surface area contributed by atoms with Crippen LogP contribution in [0.3, 0.4) is 0 Å². The van der Waals surface area contributed by atoms with E-state index in [4.69, 9.17) is 0 Å². The van der Waals surface area contributed by atoms with Crippen molar-refractivity contribution in [1.82, 2.24) is 0 Å². The Labute approximate surface area is 165 Å². The summed E-state index contributed by atoms with van der Waals surface area (Å²) in [7, 11) is -2.98. The molecule has 0 atom stereocenters. The zero-order valence-corrected chi connectivity index (χ0v) is 16.7. The summed E-state index contributed by atoms with van der Waals surface area (Å²) in [5, 5.41) is 1.61. The van der Waals surface area contributed by atoms with Gasteiger partial charge in [0.1, 0.15) is 0 Å². The molecule has 0 spiro atoms. The van der Waals surface area contributed by atoms with Gasteiger partial charge < -0.3 is 4.57 Å². The molecular formula is C24H21OPS. The van der Waals surface area contributed by atoms with Crippen LogP contribution in [0.1, 0.15) is 0 Å².